The quantitative estimate of drug-likeness (QED) is 0.853. The van der Waals surface area contributed by atoms with Crippen LogP contribution in [0.3, 0.4) is 0 Å². The normalized spacial score (nSPS) is 17.2. The lowest BCUT2D eigenvalue weighted by Gasteiger charge is -2.37. The molecular weight excluding hydrogens is 334 g/mol. The molecule has 0 aliphatic heterocycles. The van der Waals surface area contributed by atoms with Crippen molar-refractivity contribution in [3.8, 4) is 0 Å². The molecule has 21 heavy (non-hydrogen) atoms. The molecule has 1 aromatic rings. The summed E-state index contributed by atoms with van der Waals surface area (Å²) < 4.78 is 0.973. The molecule has 2 rings (SSSR count). The molecule has 1 amide bonds. The lowest BCUT2D eigenvalue weighted by molar-refractivity contribution is -0.139. The number of aliphatic carboxylic acids is 1. The first-order valence-electron chi connectivity index (χ1n) is 7.26. The van der Waals surface area contributed by atoms with Gasteiger partial charge in [-0.25, -0.2) is 0 Å². The van der Waals surface area contributed by atoms with E-state index in [-0.39, 0.29) is 18.7 Å². The molecule has 0 atom stereocenters. The second-order valence-corrected chi connectivity index (χ2v) is 6.68. The van der Waals surface area contributed by atoms with Crippen LogP contribution in [-0.2, 0) is 16.0 Å². The Hall–Kier alpha value is -1.36. The summed E-state index contributed by atoms with van der Waals surface area (Å²) in [6, 6.07) is 7.59. The van der Waals surface area contributed by atoms with Gasteiger partial charge in [0.25, 0.3) is 0 Å². The summed E-state index contributed by atoms with van der Waals surface area (Å²) in [5.41, 5.74) is 0.369. The largest absolute Gasteiger partial charge is 0.481 e. The SMILES string of the molecule is O=C(O)CC1(NC(=O)Cc2ccc(Br)cc2)CCCCC1. The van der Waals surface area contributed by atoms with E-state index in [0.29, 0.717) is 0 Å². The number of benzene rings is 1. The fourth-order valence-electron chi connectivity index (χ4n) is 2.99. The summed E-state index contributed by atoms with van der Waals surface area (Å²) in [7, 11) is 0. The molecule has 1 aliphatic carbocycles. The smallest absolute Gasteiger partial charge is 0.305 e. The minimum absolute atomic E-state index is 0.0130. The minimum atomic E-state index is -0.846. The number of rotatable bonds is 5. The van der Waals surface area contributed by atoms with E-state index in [4.69, 9.17) is 5.11 Å². The Bertz CT molecular complexity index is 507. The van der Waals surface area contributed by atoms with E-state index < -0.39 is 11.5 Å². The van der Waals surface area contributed by atoms with Crippen molar-refractivity contribution < 1.29 is 14.7 Å². The zero-order chi connectivity index (χ0) is 15.3. The number of nitrogens with one attached hydrogen (secondary N) is 1. The number of halogens is 1. The van der Waals surface area contributed by atoms with Crippen molar-refractivity contribution in [2.24, 2.45) is 0 Å². The number of hydrogen-bond acceptors (Lipinski definition) is 2. The average molecular weight is 354 g/mol. The fraction of sp³-hybridized carbons (Fsp3) is 0.500. The topological polar surface area (TPSA) is 66.4 Å². The first kappa shape index (κ1) is 16.0. The van der Waals surface area contributed by atoms with Gasteiger partial charge in [0.15, 0.2) is 0 Å². The van der Waals surface area contributed by atoms with E-state index in [1.807, 2.05) is 24.3 Å². The lowest BCUT2D eigenvalue weighted by Crippen LogP contribution is -2.51. The summed E-state index contributed by atoms with van der Waals surface area (Å²) >= 11 is 3.36. The zero-order valence-corrected chi connectivity index (χ0v) is 13.5. The molecule has 1 aromatic carbocycles. The van der Waals surface area contributed by atoms with Crippen LogP contribution in [0.1, 0.15) is 44.1 Å². The van der Waals surface area contributed by atoms with E-state index in [2.05, 4.69) is 21.2 Å². The van der Waals surface area contributed by atoms with Gasteiger partial charge >= 0.3 is 5.97 Å². The Kier molecular flexibility index (Phi) is 5.39. The van der Waals surface area contributed by atoms with Gasteiger partial charge in [-0.15, -0.1) is 0 Å². The van der Waals surface area contributed by atoms with Crippen LogP contribution in [0.5, 0.6) is 0 Å². The van der Waals surface area contributed by atoms with Gasteiger partial charge in [-0.1, -0.05) is 47.3 Å². The van der Waals surface area contributed by atoms with Gasteiger partial charge in [0.2, 0.25) is 5.91 Å². The second kappa shape index (κ2) is 7.07. The molecule has 0 bridgehead atoms. The minimum Gasteiger partial charge on any atom is -0.481 e. The molecule has 1 fully saturated rings. The standard InChI is InChI=1S/C16H20BrNO3/c17-13-6-4-12(5-7-13)10-14(19)18-16(11-15(20)21)8-2-1-3-9-16/h4-7H,1-3,8-11H2,(H,18,19)(H,20,21). The molecule has 5 heteroatoms. The molecule has 0 saturated heterocycles. The summed E-state index contributed by atoms with van der Waals surface area (Å²) in [5, 5.41) is 12.1. The highest BCUT2D eigenvalue weighted by atomic mass is 79.9. The van der Waals surface area contributed by atoms with E-state index in [9.17, 15) is 9.59 Å². The molecule has 1 saturated carbocycles. The van der Waals surface area contributed by atoms with Gasteiger partial charge < -0.3 is 10.4 Å². The number of carbonyl (C=O) groups excluding carboxylic acids is 1. The van der Waals surface area contributed by atoms with Crippen LogP contribution in [0.15, 0.2) is 28.7 Å². The van der Waals surface area contributed by atoms with Crippen molar-refractivity contribution >= 4 is 27.8 Å². The third kappa shape index (κ3) is 4.84. The highest BCUT2D eigenvalue weighted by Gasteiger charge is 2.35. The molecule has 0 unspecified atom stereocenters. The zero-order valence-electron chi connectivity index (χ0n) is 11.9. The Morgan fingerprint density at radius 2 is 1.76 bits per heavy atom. The van der Waals surface area contributed by atoms with Crippen LogP contribution in [0.4, 0.5) is 0 Å². The van der Waals surface area contributed by atoms with Crippen molar-refractivity contribution in [2.45, 2.75) is 50.5 Å². The monoisotopic (exact) mass is 353 g/mol. The van der Waals surface area contributed by atoms with Crippen molar-refractivity contribution in [3.05, 3.63) is 34.3 Å². The van der Waals surface area contributed by atoms with E-state index in [0.717, 1.165) is 42.1 Å². The molecule has 1 aliphatic rings. The van der Waals surface area contributed by atoms with E-state index >= 15 is 0 Å². The number of carbonyl (C=O) groups is 2. The molecule has 2 N–H and O–H groups in total. The van der Waals surface area contributed by atoms with Crippen LogP contribution < -0.4 is 5.32 Å². The van der Waals surface area contributed by atoms with Gasteiger partial charge in [-0.3, -0.25) is 9.59 Å². The predicted octanol–water partition coefficient (Wildman–Crippen LogP) is 3.29. The Morgan fingerprint density at radius 3 is 2.33 bits per heavy atom. The fourth-order valence-corrected chi connectivity index (χ4v) is 3.26. The molecule has 0 heterocycles. The summed E-state index contributed by atoms with van der Waals surface area (Å²) in [6.45, 7) is 0. The maximum Gasteiger partial charge on any atom is 0.305 e. The number of carboxylic acid groups (broad SMARTS) is 1. The number of amides is 1. The Morgan fingerprint density at radius 1 is 1.14 bits per heavy atom. The molecule has 0 radical (unpaired) electrons. The van der Waals surface area contributed by atoms with Crippen LogP contribution >= 0.6 is 15.9 Å². The van der Waals surface area contributed by atoms with Crippen LogP contribution in [-0.4, -0.2) is 22.5 Å². The van der Waals surface area contributed by atoms with Crippen LogP contribution in [0, 0.1) is 0 Å². The number of hydrogen-bond donors (Lipinski definition) is 2. The molecule has 114 valence electrons. The Balaban J connectivity index is 2.00. The van der Waals surface area contributed by atoms with Crippen LogP contribution in [0.2, 0.25) is 0 Å². The van der Waals surface area contributed by atoms with Gasteiger partial charge in [0, 0.05) is 4.47 Å². The predicted molar refractivity (Wildman–Crippen MR) is 84.1 cm³/mol. The maximum atomic E-state index is 12.2. The molecule has 4 nitrogen and oxygen atoms in total. The third-order valence-corrected chi connectivity index (χ3v) is 4.51. The van der Waals surface area contributed by atoms with Crippen molar-refractivity contribution in [1.82, 2.24) is 5.32 Å². The highest BCUT2D eigenvalue weighted by molar-refractivity contribution is 9.10. The molecular formula is C16H20BrNO3. The van der Waals surface area contributed by atoms with Gasteiger partial charge in [-0.05, 0) is 30.5 Å². The average Bonchev–Trinajstić information content (AvgIpc) is 2.41. The third-order valence-electron chi connectivity index (χ3n) is 3.98. The molecule has 0 aromatic heterocycles. The van der Waals surface area contributed by atoms with E-state index in [1.54, 1.807) is 0 Å². The first-order valence-corrected chi connectivity index (χ1v) is 8.06. The molecule has 0 spiro atoms. The van der Waals surface area contributed by atoms with Gasteiger partial charge in [0.1, 0.15) is 0 Å². The van der Waals surface area contributed by atoms with Crippen molar-refractivity contribution in [1.29, 1.82) is 0 Å². The first-order chi connectivity index (χ1) is 9.99. The maximum absolute atomic E-state index is 12.2. The summed E-state index contributed by atoms with van der Waals surface area (Å²) in [5.74, 6) is -0.943. The van der Waals surface area contributed by atoms with Gasteiger partial charge in [-0.2, -0.15) is 0 Å². The number of carboxylic acids is 1. The highest BCUT2D eigenvalue weighted by Crippen LogP contribution is 2.31. The lowest BCUT2D eigenvalue weighted by atomic mass is 9.79. The Labute approximate surface area is 133 Å². The van der Waals surface area contributed by atoms with Gasteiger partial charge in [0.05, 0.1) is 18.4 Å². The second-order valence-electron chi connectivity index (χ2n) is 5.76. The van der Waals surface area contributed by atoms with Crippen molar-refractivity contribution in [2.75, 3.05) is 0 Å². The van der Waals surface area contributed by atoms with E-state index in [1.165, 1.54) is 0 Å². The van der Waals surface area contributed by atoms with Crippen LogP contribution in [0.25, 0.3) is 0 Å². The summed E-state index contributed by atoms with van der Waals surface area (Å²) in [6.07, 6.45) is 4.88. The summed E-state index contributed by atoms with van der Waals surface area (Å²) in [4.78, 5) is 23.3. The van der Waals surface area contributed by atoms with Crippen molar-refractivity contribution in [3.63, 3.8) is 0 Å².